The zero-order valence-electron chi connectivity index (χ0n) is 81.5. The average Bonchev–Trinajstić information content (AvgIpc) is 1.60. The number of nitrogens with one attached hydrogen (secondary N) is 13. The normalized spacial score (nSPS) is 17.2. The molecule has 8 atom stereocenters. The van der Waals surface area contributed by atoms with Gasteiger partial charge in [-0.05, 0) is 187 Å². The first kappa shape index (κ1) is 101. The van der Waals surface area contributed by atoms with Gasteiger partial charge in [-0.1, -0.05) is 188 Å². The van der Waals surface area contributed by atoms with Crippen LogP contribution in [0.3, 0.4) is 0 Å². The maximum atomic E-state index is 13.8. The van der Waals surface area contributed by atoms with E-state index in [4.69, 9.17) is 19.7 Å². The number of para-hydroxylation sites is 5. The summed E-state index contributed by atoms with van der Waals surface area (Å²) in [6, 6.07) is 88.3. The maximum Gasteiger partial charge on any atom is 0.251 e. The number of primary sulfonamides is 1. The van der Waals surface area contributed by atoms with Crippen LogP contribution in [0, 0.1) is 19.7 Å². The Balaban J connectivity index is 0.000000130. The third-order valence-corrected chi connectivity index (χ3v) is 25.5. The summed E-state index contributed by atoms with van der Waals surface area (Å²) in [5, 5.41) is 50.5. The van der Waals surface area contributed by atoms with Crippen LogP contribution in [0.15, 0.2) is 296 Å². The number of amides is 7. The molecule has 0 aliphatic carbocycles. The number of carbonyl (C=O) groups is 7. The monoisotopic (exact) mass is 1940 g/mol. The summed E-state index contributed by atoms with van der Waals surface area (Å²) in [7, 11) is -2.16. The Bertz CT molecular complexity index is 7120. The van der Waals surface area contributed by atoms with Crippen LogP contribution in [0.1, 0.15) is 144 Å². The summed E-state index contributed by atoms with van der Waals surface area (Å²) in [5.74, 6) is 1.04. The molecule has 0 radical (unpaired) electrons. The van der Waals surface area contributed by atoms with Crippen LogP contribution in [0.5, 0.6) is 11.6 Å². The minimum absolute atomic E-state index is 0.0000106. The Labute approximate surface area is 832 Å². The minimum atomic E-state index is -3.77. The van der Waals surface area contributed by atoms with E-state index in [-0.39, 0.29) is 100 Å². The predicted molar refractivity (Wildman–Crippen MR) is 568 cm³/mol. The molecular weight excluding hydrogens is 1820 g/mol. The highest BCUT2D eigenvalue weighted by atomic mass is 32.2. The molecule has 28 nitrogen and oxygen atoms in total. The molecule has 0 fully saturated rings. The van der Waals surface area contributed by atoms with Crippen molar-refractivity contribution < 1.29 is 55.8 Å². The number of benzene rings is 12. The average molecular weight is 1940 g/mol. The van der Waals surface area contributed by atoms with Crippen molar-refractivity contribution in [2.24, 2.45) is 5.14 Å². The van der Waals surface area contributed by atoms with Crippen molar-refractivity contribution in [3.8, 4) is 67.3 Å². The summed E-state index contributed by atoms with van der Waals surface area (Å²) in [6.45, 7) is 20.3. The third kappa shape index (κ3) is 26.2. The van der Waals surface area contributed by atoms with E-state index >= 15 is 0 Å². The minimum Gasteiger partial charge on any atom is -0.486 e. The van der Waals surface area contributed by atoms with Gasteiger partial charge in [-0.2, -0.15) is 5.10 Å². The lowest BCUT2D eigenvalue weighted by Crippen LogP contribution is -2.19. The van der Waals surface area contributed by atoms with Crippen molar-refractivity contribution in [1.29, 1.82) is 0 Å². The lowest BCUT2D eigenvalue weighted by atomic mass is 9.99. The summed E-state index contributed by atoms with van der Waals surface area (Å²) in [5.41, 5.74) is 24.8. The molecular formula is C113H118FN17O11S. The highest BCUT2D eigenvalue weighted by molar-refractivity contribution is 7.89. The number of sulfonamides is 1. The number of aromatic nitrogens is 3. The second-order valence-corrected chi connectivity index (χ2v) is 37.9. The molecule has 0 bridgehead atoms. The number of hydrogen-bond acceptors (Lipinski definition) is 19. The van der Waals surface area contributed by atoms with Crippen molar-refractivity contribution >= 4 is 120 Å². The van der Waals surface area contributed by atoms with Gasteiger partial charge in [0, 0.05) is 151 Å². The molecule has 6 aliphatic heterocycles. The van der Waals surface area contributed by atoms with Gasteiger partial charge in [0.15, 0.2) is 0 Å². The first-order valence-corrected chi connectivity index (χ1v) is 49.2. The first-order chi connectivity index (χ1) is 68.8. The van der Waals surface area contributed by atoms with Gasteiger partial charge in [-0.15, -0.1) is 0 Å². The van der Waals surface area contributed by atoms with Crippen molar-refractivity contribution in [2.45, 2.75) is 168 Å². The van der Waals surface area contributed by atoms with Gasteiger partial charge in [-0.25, -0.2) is 22.9 Å². The number of nitrogens with zero attached hydrogens (tertiary/aromatic N) is 3. The predicted octanol–water partition coefficient (Wildman–Crippen LogP) is 22.0. The number of aryl methyl sites for hydroxylation is 2. The Morgan fingerprint density at radius 2 is 0.818 bits per heavy atom. The van der Waals surface area contributed by atoms with E-state index in [1.54, 1.807) is 38.4 Å². The van der Waals surface area contributed by atoms with Gasteiger partial charge in [-0.3, -0.25) is 38.2 Å². The maximum absolute atomic E-state index is 13.8. The van der Waals surface area contributed by atoms with Gasteiger partial charge in [0.2, 0.25) is 51.3 Å². The van der Waals surface area contributed by atoms with Gasteiger partial charge >= 0.3 is 0 Å². The van der Waals surface area contributed by atoms with Gasteiger partial charge in [0.1, 0.15) is 24.3 Å². The van der Waals surface area contributed by atoms with Crippen molar-refractivity contribution in [2.75, 3.05) is 70.8 Å². The molecule has 0 saturated carbocycles. The van der Waals surface area contributed by atoms with Gasteiger partial charge in [0.25, 0.3) is 5.91 Å². The van der Waals surface area contributed by atoms with Crippen LogP contribution in [0.2, 0.25) is 0 Å². The summed E-state index contributed by atoms with van der Waals surface area (Å²) in [4.78, 5) is 87.6. The molecule has 0 spiro atoms. The third-order valence-electron chi connectivity index (χ3n) is 24.6. The number of fused-ring (bicyclic) bond motifs is 6. The number of pyridine rings is 1. The number of nitrogens with two attached hydrogens (primary N) is 1. The number of rotatable bonds is 15. The summed E-state index contributed by atoms with van der Waals surface area (Å²) < 4.78 is 50.7. The smallest absolute Gasteiger partial charge is 0.251 e. The quantitative estimate of drug-likeness (QED) is 0.0453. The van der Waals surface area contributed by atoms with Crippen LogP contribution in [-0.2, 0) is 45.4 Å². The standard InChI is InChI=1S/C22H24N4O.C22H21N3O2.C18H19N3O2.C18H20N2O2.C17H17FN2O.C16H17N3O3S/c1-14-12-21(27)24-20-11-7-10-18(22(20)23-14)19-13-26(25-15(19)2)16(3)17-8-5-4-6-9-17;1-15-12-20(26)25-19-9-5-8-18(22(19)24-15)17-10-11-21(23-13-17)27-14-16-6-3-2-4-7-16;1-11-9-16(22)21-15-8-4-7-14(17(15)20-11)12-5-3-6-13(10-12)18(23)19-2;1-12-10-18(21)20-16-9-8-15(11-17(16)19-12)22-13(2)14-6-4-3-5-7-14;1-10-6-7-12(9-14(10)18)13-4-3-5-15-17(13)19-11(2)8-16(21)20-15;1-10-8-15(20)19-14-7-3-6-13(16(14)18-10)11-4-2-5-12(9-11)23(17,21)22/h4-11,13-14,16,23H,12H2,1-3H3,(H,24,27);2-11,13,15,24H,12,14H2,1H3,(H,25,26);3-8,10-11,20H,9H2,1-2H3,(H,19,23)(H,21,22);3-9,11-13,19H,10H2,1-2H3,(H,20,21);3-7,9,11,19H,8H2,1-2H3,(H,20,21);2-7,9-10,18H,8H2,1H3,(H,19,20)(H2,17,21,22)/t14-,16+;15-;11-;12-,13-;11-;10-/m111111/s1. The summed E-state index contributed by atoms with van der Waals surface area (Å²) in [6.07, 6.45) is 6.43. The van der Waals surface area contributed by atoms with Crippen molar-refractivity contribution in [1.82, 2.24) is 20.1 Å². The zero-order chi connectivity index (χ0) is 101. The molecule has 143 heavy (non-hydrogen) atoms. The molecule has 734 valence electrons. The van der Waals surface area contributed by atoms with E-state index in [0.29, 0.717) is 73.4 Å². The molecule has 7 amide bonds. The number of anilines is 12. The number of ether oxygens (including phenoxy) is 2. The molecule has 2 aromatic heterocycles. The zero-order valence-corrected chi connectivity index (χ0v) is 82.3. The fourth-order valence-corrected chi connectivity index (χ4v) is 18.1. The second kappa shape index (κ2) is 46.1. The van der Waals surface area contributed by atoms with E-state index in [0.717, 1.165) is 135 Å². The van der Waals surface area contributed by atoms with Gasteiger partial charge < -0.3 is 78.6 Å². The lowest BCUT2D eigenvalue weighted by Gasteiger charge is -2.17. The van der Waals surface area contributed by atoms with Crippen LogP contribution in [-0.4, -0.2) is 108 Å². The number of hydrogen-bond donors (Lipinski definition) is 14. The molecule has 6 aliphatic rings. The SMILES string of the molecule is CNC(=O)c1cccc(-c2cccc3c2N[C@H](C)CC(=O)N3)c1.C[C@@H]1CC(=O)Nc2ccc(O[C@H](C)c3ccccc3)cc2N1.C[C@@H]1CC(=O)Nc2cccc(-c3ccc(OCc4ccccc4)nc3)c2N1.C[C@@H]1CC(=O)Nc2cccc(-c3cccc(S(N)(=O)=O)c3)c2N1.Cc1ccc(-c2cccc3c2N[C@H](C)CC(=O)N3)cc1F.Cc1nn([C@@H](C)c2ccccc2)cc1-c1cccc2c1N[C@H](C)CC(=O)N2. The van der Waals surface area contributed by atoms with E-state index < -0.39 is 10.0 Å². The molecule has 15 N–H and O–H groups in total. The molecule has 8 heterocycles. The van der Waals surface area contributed by atoms with Crippen molar-refractivity contribution in [3.05, 3.63) is 331 Å². The van der Waals surface area contributed by atoms with Crippen LogP contribution in [0.25, 0.3) is 55.6 Å². The Kier molecular flexibility index (Phi) is 32.5. The topological polar surface area (TPSA) is 385 Å². The Morgan fingerprint density at radius 3 is 1.27 bits per heavy atom. The lowest BCUT2D eigenvalue weighted by molar-refractivity contribution is -0.117. The van der Waals surface area contributed by atoms with Crippen molar-refractivity contribution in [3.63, 3.8) is 0 Å². The largest absolute Gasteiger partial charge is 0.486 e. The highest BCUT2D eigenvalue weighted by Gasteiger charge is 2.29. The van der Waals surface area contributed by atoms with E-state index in [1.165, 1.54) is 23.8 Å². The van der Waals surface area contributed by atoms with Gasteiger partial charge in [0.05, 0.1) is 84.9 Å². The van der Waals surface area contributed by atoms with Crippen LogP contribution >= 0.6 is 0 Å². The Morgan fingerprint density at radius 1 is 0.420 bits per heavy atom. The molecule has 20 rings (SSSR count). The first-order valence-electron chi connectivity index (χ1n) is 47.7. The molecule has 30 heteroatoms. The molecule has 0 unspecified atom stereocenters. The molecule has 0 saturated heterocycles. The summed E-state index contributed by atoms with van der Waals surface area (Å²) >= 11 is 0. The Hall–Kier alpha value is -16.5. The van der Waals surface area contributed by atoms with E-state index in [2.05, 4.69) is 118 Å². The number of carbonyl (C=O) groups excluding carboxylic acids is 7. The van der Waals surface area contributed by atoms with Crippen LogP contribution in [0.4, 0.5) is 72.6 Å². The van der Waals surface area contributed by atoms with E-state index in [1.807, 2.05) is 272 Å². The fraction of sp³-hybridized carbons (Fsp3) is 0.230. The highest BCUT2D eigenvalue weighted by Crippen LogP contribution is 2.45. The van der Waals surface area contributed by atoms with Crippen LogP contribution < -0.4 is 83.7 Å². The molecule has 12 aromatic carbocycles. The number of halogens is 1. The second-order valence-electron chi connectivity index (χ2n) is 36.4. The van der Waals surface area contributed by atoms with E-state index in [9.17, 15) is 46.4 Å². The fourth-order valence-electron chi connectivity index (χ4n) is 17.5. The molecule has 14 aromatic rings.